The van der Waals surface area contributed by atoms with E-state index < -0.39 is 4.92 Å². The molecule has 9 heteroatoms. The van der Waals surface area contributed by atoms with Gasteiger partial charge >= 0.3 is 5.97 Å². The maximum Gasteiger partial charge on any atom is 0.308 e. The Morgan fingerprint density at radius 3 is 2.54 bits per heavy atom. The van der Waals surface area contributed by atoms with Gasteiger partial charge in [0.15, 0.2) is 0 Å². The van der Waals surface area contributed by atoms with E-state index in [1.807, 2.05) is 6.92 Å². The first kappa shape index (κ1) is 18.0. The Morgan fingerprint density at radius 2 is 1.96 bits per heavy atom. The number of nitro groups is 1. The van der Waals surface area contributed by atoms with Crippen molar-refractivity contribution in [3.8, 4) is 11.5 Å². The average molecular weight is 360 g/mol. The monoisotopic (exact) mass is 360 g/mol. The van der Waals surface area contributed by atoms with E-state index in [9.17, 15) is 14.9 Å². The van der Waals surface area contributed by atoms with Crippen LogP contribution in [-0.2, 0) is 9.53 Å². The minimum absolute atomic E-state index is 0.00957. The molecule has 0 amide bonds. The predicted molar refractivity (Wildman–Crippen MR) is 91.1 cm³/mol. The normalized spacial score (nSPS) is 17.0. The number of carbonyl (C=O) groups excluding carboxylic acids is 1. The molecule has 2 aromatic rings. The molecule has 0 bridgehead atoms. The number of nitrogens with zero attached hydrogens (tertiary/aromatic N) is 4. The van der Waals surface area contributed by atoms with Gasteiger partial charge in [0.05, 0.1) is 24.0 Å². The molecule has 1 atom stereocenters. The van der Waals surface area contributed by atoms with Crippen molar-refractivity contribution in [3.63, 3.8) is 0 Å². The lowest BCUT2D eigenvalue weighted by Gasteiger charge is -2.33. The number of hydrogen-bond donors (Lipinski definition) is 0. The minimum atomic E-state index is -0.455. The number of aromatic nitrogens is 2. The van der Waals surface area contributed by atoms with Crippen molar-refractivity contribution in [2.75, 3.05) is 20.2 Å². The Balaban J connectivity index is 1.66. The maximum atomic E-state index is 11.6. The third-order valence-electron chi connectivity index (χ3n) is 4.73. The zero-order valence-electron chi connectivity index (χ0n) is 14.6. The van der Waals surface area contributed by atoms with Crippen molar-refractivity contribution in [1.82, 2.24) is 15.1 Å². The highest BCUT2D eigenvalue weighted by atomic mass is 16.6. The van der Waals surface area contributed by atoms with Crippen molar-refractivity contribution in [2.24, 2.45) is 5.92 Å². The van der Waals surface area contributed by atoms with Crippen LogP contribution in [0.1, 0.15) is 31.7 Å². The van der Waals surface area contributed by atoms with Gasteiger partial charge in [0.1, 0.15) is 0 Å². The Bertz CT molecular complexity index is 781. The highest BCUT2D eigenvalue weighted by Gasteiger charge is 2.30. The van der Waals surface area contributed by atoms with Gasteiger partial charge in [0.25, 0.3) is 5.69 Å². The van der Waals surface area contributed by atoms with Gasteiger partial charge in [-0.1, -0.05) is 0 Å². The molecule has 138 valence electrons. The third-order valence-corrected chi connectivity index (χ3v) is 4.73. The summed E-state index contributed by atoms with van der Waals surface area (Å²) in [5, 5.41) is 18.9. The minimum Gasteiger partial charge on any atom is -0.469 e. The van der Waals surface area contributed by atoms with E-state index in [0.29, 0.717) is 17.3 Å². The van der Waals surface area contributed by atoms with Crippen LogP contribution < -0.4 is 0 Å². The van der Waals surface area contributed by atoms with E-state index in [1.54, 1.807) is 12.1 Å². The Kier molecular flexibility index (Phi) is 5.27. The highest BCUT2D eigenvalue weighted by molar-refractivity contribution is 5.72. The first-order chi connectivity index (χ1) is 12.5. The van der Waals surface area contributed by atoms with E-state index in [-0.39, 0.29) is 23.6 Å². The number of hydrogen-bond acceptors (Lipinski definition) is 8. The van der Waals surface area contributed by atoms with Gasteiger partial charge < -0.3 is 9.15 Å². The molecule has 9 nitrogen and oxygen atoms in total. The van der Waals surface area contributed by atoms with Gasteiger partial charge in [-0.05, 0) is 45.0 Å². The summed E-state index contributed by atoms with van der Waals surface area (Å²) in [7, 11) is 1.41. The van der Waals surface area contributed by atoms with Crippen LogP contribution in [0, 0.1) is 16.0 Å². The number of likely N-dealkylation sites (tertiary alicyclic amines) is 1. The van der Waals surface area contributed by atoms with Gasteiger partial charge in [-0.15, -0.1) is 10.2 Å². The van der Waals surface area contributed by atoms with E-state index in [0.717, 1.165) is 25.9 Å². The summed E-state index contributed by atoms with van der Waals surface area (Å²) in [5.41, 5.74) is 0.640. The lowest BCUT2D eigenvalue weighted by atomic mass is 9.96. The second kappa shape index (κ2) is 7.61. The summed E-state index contributed by atoms with van der Waals surface area (Å²) >= 11 is 0. The molecule has 1 aliphatic rings. The van der Waals surface area contributed by atoms with E-state index in [2.05, 4.69) is 15.1 Å². The quantitative estimate of drug-likeness (QED) is 0.454. The molecule has 26 heavy (non-hydrogen) atoms. The third kappa shape index (κ3) is 3.72. The highest BCUT2D eigenvalue weighted by Crippen LogP contribution is 2.28. The molecule has 0 saturated carbocycles. The van der Waals surface area contributed by atoms with Gasteiger partial charge in [-0.25, -0.2) is 0 Å². The van der Waals surface area contributed by atoms with Crippen molar-refractivity contribution in [2.45, 2.75) is 25.8 Å². The van der Waals surface area contributed by atoms with Crippen LogP contribution in [0.25, 0.3) is 11.5 Å². The number of ether oxygens (including phenoxy) is 1. The fourth-order valence-electron chi connectivity index (χ4n) is 3.09. The lowest BCUT2D eigenvalue weighted by molar-refractivity contribution is -0.384. The molecular weight excluding hydrogens is 340 g/mol. The van der Waals surface area contributed by atoms with Gasteiger partial charge in [0.2, 0.25) is 11.8 Å². The standard InChI is InChI=1S/C17H20N4O5/c1-11(20-9-7-13(8-10-20)17(22)25-2)15-18-19-16(26-15)12-3-5-14(6-4-12)21(23)24/h3-6,11,13H,7-10H2,1-2H3. The molecule has 0 radical (unpaired) electrons. The smallest absolute Gasteiger partial charge is 0.308 e. The molecule has 0 spiro atoms. The van der Waals surface area contributed by atoms with Gasteiger partial charge in [-0.2, -0.15) is 0 Å². The molecule has 0 N–H and O–H groups in total. The lowest BCUT2D eigenvalue weighted by Crippen LogP contribution is -2.38. The molecule has 2 heterocycles. The summed E-state index contributed by atoms with van der Waals surface area (Å²) < 4.78 is 10.6. The topological polar surface area (TPSA) is 112 Å². The zero-order chi connectivity index (χ0) is 18.7. The first-order valence-electron chi connectivity index (χ1n) is 8.39. The summed E-state index contributed by atoms with van der Waals surface area (Å²) in [4.78, 5) is 24.1. The molecule has 1 aromatic heterocycles. The van der Waals surface area contributed by atoms with Gasteiger partial charge in [-0.3, -0.25) is 19.8 Å². The molecule has 0 aliphatic carbocycles. The number of non-ortho nitro benzene ring substituents is 1. The van der Waals surface area contributed by atoms with Crippen LogP contribution in [0.15, 0.2) is 28.7 Å². The van der Waals surface area contributed by atoms with Crippen LogP contribution in [-0.4, -0.2) is 46.2 Å². The first-order valence-corrected chi connectivity index (χ1v) is 8.39. The summed E-state index contributed by atoms with van der Waals surface area (Å²) in [6, 6.07) is 5.90. The molecular formula is C17H20N4O5. The van der Waals surface area contributed by atoms with Crippen LogP contribution in [0.3, 0.4) is 0 Å². The summed E-state index contributed by atoms with van der Waals surface area (Å²) in [6.45, 7) is 3.47. The van der Waals surface area contributed by atoms with Crippen LogP contribution in [0.2, 0.25) is 0 Å². The number of methoxy groups -OCH3 is 1. The van der Waals surface area contributed by atoms with E-state index in [1.165, 1.54) is 19.2 Å². The van der Waals surface area contributed by atoms with E-state index >= 15 is 0 Å². The molecule has 1 saturated heterocycles. The van der Waals surface area contributed by atoms with Crippen molar-refractivity contribution in [3.05, 3.63) is 40.3 Å². The fourth-order valence-corrected chi connectivity index (χ4v) is 3.09. The number of nitro benzene ring substituents is 1. The van der Waals surface area contributed by atoms with Crippen molar-refractivity contribution < 1.29 is 18.9 Å². The molecule has 1 aromatic carbocycles. The molecule has 1 fully saturated rings. The molecule has 1 aliphatic heterocycles. The zero-order valence-corrected chi connectivity index (χ0v) is 14.6. The maximum absolute atomic E-state index is 11.6. The Hall–Kier alpha value is -2.81. The Morgan fingerprint density at radius 1 is 1.31 bits per heavy atom. The molecule has 3 rings (SSSR count). The molecule has 1 unspecified atom stereocenters. The van der Waals surface area contributed by atoms with Crippen LogP contribution in [0.4, 0.5) is 5.69 Å². The number of benzene rings is 1. The second-order valence-electron chi connectivity index (χ2n) is 6.26. The predicted octanol–water partition coefficient (Wildman–Crippen LogP) is 2.59. The average Bonchev–Trinajstić information content (AvgIpc) is 3.17. The van der Waals surface area contributed by atoms with E-state index in [4.69, 9.17) is 9.15 Å². The largest absolute Gasteiger partial charge is 0.469 e. The van der Waals surface area contributed by atoms with Crippen molar-refractivity contribution >= 4 is 11.7 Å². The second-order valence-corrected chi connectivity index (χ2v) is 6.26. The number of rotatable bonds is 5. The summed E-state index contributed by atoms with van der Waals surface area (Å²) in [6.07, 6.45) is 1.47. The fraction of sp³-hybridized carbons (Fsp3) is 0.471. The number of esters is 1. The number of carbonyl (C=O) groups is 1. The summed E-state index contributed by atoms with van der Waals surface area (Å²) in [5.74, 6) is 0.596. The Labute approximate surface area is 150 Å². The van der Waals surface area contributed by atoms with Gasteiger partial charge in [0, 0.05) is 17.7 Å². The van der Waals surface area contributed by atoms with Crippen molar-refractivity contribution in [1.29, 1.82) is 0 Å². The van der Waals surface area contributed by atoms with Crippen LogP contribution in [0.5, 0.6) is 0 Å². The SMILES string of the molecule is COC(=O)C1CCN(C(C)c2nnc(-c3ccc([N+](=O)[O-])cc3)o2)CC1. The van der Waals surface area contributed by atoms with Crippen LogP contribution >= 0.6 is 0 Å². The number of piperidine rings is 1.